The van der Waals surface area contributed by atoms with Crippen molar-refractivity contribution in [2.24, 2.45) is 5.92 Å². The molecule has 4 nitrogen and oxygen atoms in total. The van der Waals surface area contributed by atoms with E-state index in [1.165, 1.54) is 12.8 Å². The maximum atomic E-state index is 12.2. The van der Waals surface area contributed by atoms with E-state index in [1.807, 2.05) is 0 Å². The lowest BCUT2D eigenvalue weighted by atomic mass is 9.91. The molecule has 1 saturated carbocycles. The molecule has 2 rings (SSSR count). The van der Waals surface area contributed by atoms with Gasteiger partial charge in [0.25, 0.3) is 0 Å². The largest absolute Gasteiger partial charge is 0.314 e. The molecular weight excluding hydrogens is 260 g/mol. The lowest BCUT2D eigenvalue weighted by Gasteiger charge is -2.46. The molecule has 1 heterocycles. The summed E-state index contributed by atoms with van der Waals surface area (Å²) in [6.07, 6.45) is 2.58. The molecule has 0 radical (unpaired) electrons. The Kier molecular flexibility index (Phi) is 4.02. The summed E-state index contributed by atoms with van der Waals surface area (Å²) in [5.74, 6) is 1.02. The van der Waals surface area contributed by atoms with Gasteiger partial charge in [-0.05, 0) is 46.5 Å². The monoisotopic (exact) mass is 288 g/mol. The van der Waals surface area contributed by atoms with Gasteiger partial charge < -0.3 is 5.32 Å². The Morgan fingerprint density at radius 3 is 2.47 bits per heavy atom. The van der Waals surface area contributed by atoms with Crippen molar-refractivity contribution in [3.63, 3.8) is 0 Å². The van der Waals surface area contributed by atoms with Gasteiger partial charge in [-0.1, -0.05) is 0 Å². The molecule has 1 saturated heterocycles. The maximum absolute atomic E-state index is 12.2. The molecule has 0 aromatic heterocycles. The molecule has 2 aliphatic rings. The smallest absolute Gasteiger partial charge is 0.156 e. The number of sulfone groups is 1. The van der Waals surface area contributed by atoms with Crippen LogP contribution in [0.3, 0.4) is 0 Å². The molecule has 2 fully saturated rings. The highest BCUT2D eigenvalue weighted by Gasteiger charge is 2.46. The maximum Gasteiger partial charge on any atom is 0.156 e. The number of hydrogen-bond acceptors (Lipinski definition) is 4. The molecule has 0 bridgehead atoms. The Bertz CT molecular complexity index is 423. The molecule has 1 N–H and O–H groups in total. The number of hydrogen-bond donors (Lipinski definition) is 1. The van der Waals surface area contributed by atoms with Gasteiger partial charge in [-0.3, -0.25) is 4.90 Å². The molecule has 1 unspecified atom stereocenters. The highest BCUT2D eigenvalue weighted by molar-refractivity contribution is 7.92. The molecule has 112 valence electrons. The van der Waals surface area contributed by atoms with Gasteiger partial charge in [0, 0.05) is 31.7 Å². The first-order chi connectivity index (χ1) is 8.67. The molecule has 0 amide bonds. The van der Waals surface area contributed by atoms with E-state index >= 15 is 0 Å². The van der Waals surface area contributed by atoms with E-state index in [0.29, 0.717) is 6.54 Å². The van der Waals surface area contributed by atoms with Gasteiger partial charge in [0.1, 0.15) is 0 Å². The average molecular weight is 288 g/mol. The van der Waals surface area contributed by atoms with E-state index in [4.69, 9.17) is 0 Å². The summed E-state index contributed by atoms with van der Waals surface area (Å²) in [6, 6.07) is 0. The van der Waals surface area contributed by atoms with Crippen molar-refractivity contribution >= 4 is 9.84 Å². The van der Waals surface area contributed by atoms with Crippen LogP contribution in [-0.2, 0) is 9.84 Å². The zero-order valence-electron chi connectivity index (χ0n) is 12.7. The van der Waals surface area contributed by atoms with E-state index in [1.54, 1.807) is 20.8 Å². The predicted octanol–water partition coefficient (Wildman–Crippen LogP) is 1.27. The minimum Gasteiger partial charge on any atom is -0.314 e. The molecular formula is C14H28N2O2S. The number of nitrogens with one attached hydrogen (secondary N) is 1. The van der Waals surface area contributed by atoms with Crippen LogP contribution in [-0.4, -0.2) is 55.5 Å². The third kappa shape index (κ3) is 3.14. The molecule has 1 aliphatic heterocycles. The second-order valence-electron chi connectivity index (χ2n) is 7.23. The summed E-state index contributed by atoms with van der Waals surface area (Å²) < 4.78 is 23.9. The quantitative estimate of drug-likeness (QED) is 0.846. The third-order valence-electron chi connectivity index (χ3n) is 4.78. The van der Waals surface area contributed by atoms with Crippen LogP contribution in [0.4, 0.5) is 0 Å². The first kappa shape index (κ1) is 15.3. The van der Waals surface area contributed by atoms with Crippen molar-refractivity contribution in [1.82, 2.24) is 10.2 Å². The van der Waals surface area contributed by atoms with Gasteiger partial charge in [0.15, 0.2) is 9.84 Å². The molecule has 1 aliphatic carbocycles. The molecule has 0 aromatic rings. The van der Waals surface area contributed by atoms with Crippen molar-refractivity contribution in [1.29, 1.82) is 0 Å². The normalized spacial score (nSPS) is 30.5. The number of nitrogens with zero attached hydrogens (tertiary/aromatic N) is 1. The molecule has 0 aromatic carbocycles. The van der Waals surface area contributed by atoms with E-state index in [-0.39, 0.29) is 11.3 Å². The minimum absolute atomic E-state index is 0.158. The van der Waals surface area contributed by atoms with Crippen LogP contribution in [0.15, 0.2) is 0 Å². The van der Waals surface area contributed by atoms with Crippen LogP contribution in [0.1, 0.15) is 40.5 Å². The van der Waals surface area contributed by atoms with Crippen molar-refractivity contribution in [3.8, 4) is 0 Å². The van der Waals surface area contributed by atoms with Crippen molar-refractivity contribution < 1.29 is 8.42 Å². The molecule has 5 heteroatoms. The Morgan fingerprint density at radius 1 is 1.32 bits per heavy atom. The van der Waals surface area contributed by atoms with Crippen molar-refractivity contribution in [2.75, 3.05) is 31.9 Å². The second kappa shape index (κ2) is 5.01. The lowest BCUT2D eigenvalue weighted by molar-refractivity contribution is 0.0621. The van der Waals surface area contributed by atoms with E-state index in [0.717, 1.165) is 25.6 Å². The predicted molar refractivity (Wildman–Crippen MR) is 79.1 cm³/mol. The van der Waals surface area contributed by atoms with Crippen LogP contribution in [0.5, 0.6) is 0 Å². The summed E-state index contributed by atoms with van der Waals surface area (Å²) >= 11 is 0. The Balaban J connectivity index is 2.01. The fourth-order valence-corrected chi connectivity index (χ4v) is 4.01. The summed E-state index contributed by atoms with van der Waals surface area (Å²) in [7, 11) is -3.01. The highest BCUT2D eigenvalue weighted by Crippen LogP contribution is 2.43. The van der Waals surface area contributed by atoms with Crippen LogP contribution >= 0.6 is 0 Å². The van der Waals surface area contributed by atoms with E-state index < -0.39 is 14.6 Å². The van der Waals surface area contributed by atoms with Gasteiger partial charge in [0.2, 0.25) is 0 Å². The fraction of sp³-hybridized carbons (Fsp3) is 1.00. The minimum atomic E-state index is -3.01. The van der Waals surface area contributed by atoms with Crippen LogP contribution in [0.25, 0.3) is 0 Å². The second-order valence-corrected chi connectivity index (χ2v) is 10.1. The topological polar surface area (TPSA) is 49.4 Å². The first-order valence-electron chi connectivity index (χ1n) is 7.35. The molecule has 19 heavy (non-hydrogen) atoms. The summed E-state index contributed by atoms with van der Waals surface area (Å²) in [6.45, 7) is 11.3. The standard InChI is InChI=1S/C14H28N2O2S/c1-13(2,3)19(17,18)10-9-16-8-7-15-11-14(16,4)12-5-6-12/h12,15H,5-11H2,1-4H3. The van der Waals surface area contributed by atoms with E-state index in [2.05, 4.69) is 17.1 Å². The zero-order valence-corrected chi connectivity index (χ0v) is 13.5. The van der Waals surface area contributed by atoms with Gasteiger partial charge in [-0.2, -0.15) is 0 Å². The fourth-order valence-electron chi connectivity index (χ4n) is 2.93. The average Bonchev–Trinajstić information content (AvgIpc) is 3.10. The van der Waals surface area contributed by atoms with Crippen molar-refractivity contribution in [2.45, 2.75) is 50.8 Å². The Morgan fingerprint density at radius 2 is 1.95 bits per heavy atom. The van der Waals surface area contributed by atoms with Gasteiger partial charge >= 0.3 is 0 Å². The third-order valence-corrected chi connectivity index (χ3v) is 7.37. The highest BCUT2D eigenvalue weighted by atomic mass is 32.2. The summed E-state index contributed by atoms with van der Waals surface area (Å²) in [5, 5.41) is 3.46. The summed E-state index contributed by atoms with van der Waals surface area (Å²) in [5.41, 5.74) is 0.158. The summed E-state index contributed by atoms with van der Waals surface area (Å²) in [4.78, 5) is 2.41. The van der Waals surface area contributed by atoms with Gasteiger partial charge in [0.05, 0.1) is 10.5 Å². The van der Waals surface area contributed by atoms with Gasteiger partial charge in [-0.15, -0.1) is 0 Å². The first-order valence-corrected chi connectivity index (χ1v) is 9.00. The van der Waals surface area contributed by atoms with Crippen LogP contribution in [0.2, 0.25) is 0 Å². The number of piperazine rings is 1. The van der Waals surface area contributed by atoms with Crippen LogP contribution < -0.4 is 5.32 Å². The van der Waals surface area contributed by atoms with Crippen molar-refractivity contribution in [3.05, 3.63) is 0 Å². The Labute approximate surface area is 117 Å². The Hall–Kier alpha value is -0.130. The number of rotatable bonds is 4. The molecule has 1 atom stereocenters. The zero-order chi connectivity index (χ0) is 14.3. The van der Waals surface area contributed by atoms with E-state index in [9.17, 15) is 8.42 Å². The van der Waals surface area contributed by atoms with Gasteiger partial charge in [-0.25, -0.2) is 8.42 Å². The SMILES string of the molecule is CC1(C2CC2)CNCCN1CCS(=O)(=O)C(C)(C)C. The lowest BCUT2D eigenvalue weighted by Crippen LogP contribution is -2.61. The van der Waals surface area contributed by atoms with Crippen LogP contribution in [0, 0.1) is 5.92 Å². The molecule has 0 spiro atoms.